The Hall–Kier alpha value is -2.69. The minimum Gasteiger partial charge on any atom is -0.495 e. The van der Waals surface area contributed by atoms with Crippen LogP contribution < -0.4 is 10.1 Å². The van der Waals surface area contributed by atoms with Crippen LogP contribution >= 0.6 is 0 Å². The monoisotopic (exact) mass is 389 g/mol. The molecule has 2 aromatic carbocycles. The summed E-state index contributed by atoms with van der Waals surface area (Å²) in [4.78, 5) is 11.5. The van der Waals surface area contributed by atoms with E-state index in [0.717, 1.165) is 6.92 Å². The van der Waals surface area contributed by atoms with Crippen molar-refractivity contribution in [2.24, 2.45) is 0 Å². The number of amides is 1. The van der Waals surface area contributed by atoms with Crippen molar-refractivity contribution in [2.45, 2.75) is 46.5 Å². The predicted molar refractivity (Wildman–Crippen MR) is 112 cm³/mol. The number of ether oxygens (including phenoxy) is 1. The Labute approximate surface area is 166 Å². The Balaban J connectivity index is 0.000000330. The van der Waals surface area contributed by atoms with Crippen LogP contribution in [0, 0.1) is 6.92 Å². The Morgan fingerprint density at radius 2 is 1.89 bits per heavy atom. The van der Waals surface area contributed by atoms with Gasteiger partial charge in [0, 0.05) is 18.9 Å². The van der Waals surface area contributed by atoms with E-state index in [1.165, 1.54) is 36.4 Å². The molecule has 1 amide bonds. The van der Waals surface area contributed by atoms with E-state index in [1.54, 1.807) is 0 Å². The van der Waals surface area contributed by atoms with Gasteiger partial charge in [0.05, 0.1) is 12.8 Å². The fourth-order valence-electron chi connectivity index (χ4n) is 2.47. The summed E-state index contributed by atoms with van der Waals surface area (Å²) in [6, 6.07) is 12.3. The Kier molecular flexibility index (Phi) is 9.36. The van der Waals surface area contributed by atoms with E-state index in [2.05, 4.69) is 48.7 Å². The highest BCUT2D eigenvalue weighted by Crippen LogP contribution is 2.33. The van der Waals surface area contributed by atoms with Gasteiger partial charge in [-0.25, -0.2) is 8.78 Å². The minimum atomic E-state index is -2.95. The molecule has 0 radical (unpaired) electrons. The van der Waals surface area contributed by atoms with Crippen molar-refractivity contribution in [3.63, 3.8) is 0 Å². The first-order valence-electron chi connectivity index (χ1n) is 9.27. The minimum absolute atomic E-state index is 0.157. The second-order valence-electron chi connectivity index (χ2n) is 6.46. The number of halogens is 2. The van der Waals surface area contributed by atoms with Gasteiger partial charge in [-0.05, 0) is 49.6 Å². The third-order valence-corrected chi connectivity index (χ3v) is 3.99. The van der Waals surface area contributed by atoms with Crippen LogP contribution in [0.3, 0.4) is 0 Å². The van der Waals surface area contributed by atoms with Crippen molar-refractivity contribution in [1.29, 1.82) is 0 Å². The molecule has 0 spiro atoms. The summed E-state index contributed by atoms with van der Waals surface area (Å²) >= 11 is 0. The number of hydrogen-bond acceptors (Lipinski definition) is 2. The molecule has 0 atom stereocenters. The summed E-state index contributed by atoms with van der Waals surface area (Å²) in [5.74, 6) is -2.80. The van der Waals surface area contributed by atoms with E-state index in [9.17, 15) is 13.6 Å². The van der Waals surface area contributed by atoms with Crippen LogP contribution in [0.1, 0.15) is 50.3 Å². The van der Waals surface area contributed by atoms with Crippen LogP contribution in [0.25, 0.3) is 6.08 Å². The zero-order valence-electron chi connectivity index (χ0n) is 17.2. The summed E-state index contributed by atoms with van der Waals surface area (Å²) in [5.41, 5.74) is 2.76. The van der Waals surface area contributed by atoms with Gasteiger partial charge in [-0.1, -0.05) is 43.3 Å². The first-order chi connectivity index (χ1) is 13.2. The van der Waals surface area contributed by atoms with E-state index in [0.29, 0.717) is 18.6 Å². The molecule has 152 valence electrons. The molecule has 0 fully saturated rings. The highest BCUT2D eigenvalue weighted by atomic mass is 19.3. The first kappa shape index (κ1) is 23.3. The van der Waals surface area contributed by atoms with Gasteiger partial charge >= 0.3 is 0 Å². The number of nitrogens with one attached hydrogen (secondary N) is 1. The SMILES string of the molecule is C/C=C\c1ccccc1C.CCCC(=O)Nc1cc(C(C)(F)F)ccc1OC. The molecule has 0 unspecified atom stereocenters. The third-order valence-electron chi connectivity index (χ3n) is 3.99. The van der Waals surface area contributed by atoms with E-state index in [1.807, 2.05) is 13.8 Å². The molecule has 0 heterocycles. The Morgan fingerprint density at radius 3 is 2.43 bits per heavy atom. The van der Waals surface area contributed by atoms with Crippen LogP contribution in [0.5, 0.6) is 5.75 Å². The number of rotatable bonds is 6. The second kappa shape index (κ2) is 11.2. The van der Waals surface area contributed by atoms with Gasteiger partial charge in [-0.3, -0.25) is 4.79 Å². The standard InChI is InChI=1S/C13H17F2NO2.C10H12/c1-4-5-12(17)16-10-8-9(13(2,14)15)6-7-11(10)18-3;1-3-6-10-8-5-4-7-9(10)2/h6-8H,4-5H2,1-3H3,(H,16,17);3-8H,1-2H3/b;6-3-. The van der Waals surface area contributed by atoms with Gasteiger partial charge in [-0.2, -0.15) is 0 Å². The number of carbonyl (C=O) groups is 1. The molecule has 0 aliphatic rings. The zero-order valence-corrected chi connectivity index (χ0v) is 17.2. The summed E-state index contributed by atoms with van der Waals surface area (Å²) in [5, 5.41) is 2.58. The van der Waals surface area contributed by atoms with Crippen molar-refractivity contribution in [3.8, 4) is 5.75 Å². The van der Waals surface area contributed by atoms with E-state index < -0.39 is 5.92 Å². The van der Waals surface area contributed by atoms with Crippen LogP contribution in [0.4, 0.5) is 14.5 Å². The predicted octanol–water partition coefficient (Wildman–Crippen LogP) is 6.57. The lowest BCUT2D eigenvalue weighted by atomic mass is 10.1. The third kappa shape index (κ3) is 7.51. The fourth-order valence-corrected chi connectivity index (χ4v) is 2.47. The van der Waals surface area contributed by atoms with Crippen LogP contribution in [-0.2, 0) is 10.7 Å². The second-order valence-corrected chi connectivity index (χ2v) is 6.46. The quantitative estimate of drug-likeness (QED) is 0.606. The lowest BCUT2D eigenvalue weighted by Crippen LogP contribution is -2.13. The van der Waals surface area contributed by atoms with Gasteiger partial charge in [0.2, 0.25) is 5.91 Å². The molecule has 0 aliphatic heterocycles. The maximum Gasteiger partial charge on any atom is 0.270 e. The number of benzene rings is 2. The van der Waals surface area contributed by atoms with Gasteiger partial charge in [0.25, 0.3) is 5.92 Å². The Morgan fingerprint density at radius 1 is 1.21 bits per heavy atom. The number of anilines is 1. The molecule has 3 nitrogen and oxygen atoms in total. The lowest BCUT2D eigenvalue weighted by Gasteiger charge is -2.15. The molecule has 5 heteroatoms. The summed E-state index contributed by atoms with van der Waals surface area (Å²) < 4.78 is 31.4. The number of alkyl halides is 2. The van der Waals surface area contributed by atoms with Crippen molar-refractivity contribution in [3.05, 3.63) is 65.2 Å². The van der Waals surface area contributed by atoms with Gasteiger partial charge < -0.3 is 10.1 Å². The molecular weight excluding hydrogens is 360 g/mol. The molecule has 0 saturated heterocycles. The van der Waals surface area contributed by atoms with E-state index in [-0.39, 0.29) is 17.2 Å². The maximum absolute atomic E-state index is 13.2. The molecule has 0 aromatic heterocycles. The number of aryl methyl sites for hydroxylation is 1. The Bertz CT molecular complexity index is 795. The van der Waals surface area contributed by atoms with Gasteiger partial charge in [-0.15, -0.1) is 0 Å². The lowest BCUT2D eigenvalue weighted by molar-refractivity contribution is -0.116. The van der Waals surface area contributed by atoms with Crippen LogP contribution in [0.15, 0.2) is 48.5 Å². The molecule has 0 aliphatic carbocycles. The van der Waals surface area contributed by atoms with Crippen LogP contribution in [-0.4, -0.2) is 13.0 Å². The molecule has 0 saturated carbocycles. The van der Waals surface area contributed by atoms with E-state index >= 15 is 0 Å². The summed E-state index contributed by atoms with van der Waals surface area (Å²) in [6.07, 6.45) is 5.21. The molecule has 2 aromatic rings. The van der Waals surface area contributed by atoms with Crippen molar-refractivity contribution < 1.29 is 18.3 Å². The first-order valence-corrected chi connectivity index (χ1v) is 9.27. The average molecular weight is 389 g/mol. The summed E-state index contributed by atoms with van der Waals surface area (Å²) in [6.45, 7) is 6.83. The van der Waals surface area contributed by atoms with Crippen molar-refractivity contribution >= 4 is 17.7 Å². The number of carbonyl (C=O) groups excluding carboxylic acids is 1. The molecule has 2 rings (SSSR count). The van der Waals surface area contributed by atoms with Crippen LogP contribution in [0.2, 0.25) is 0 Å². The number of methoxy groups -OCH3 is 1. The average Bonchev–Trinajstić information content (AvgIpc) is 2.64. The fraction of sp³-hybridized carbons (Fsp3) is 0.348. The highest BCUT2D eigenvalue weighted by molar-refractivity contribution is 5.92. The van der Waals surface area contributed by atoms with Crippen molar-refractivity contribution in [1.82, 2.24) is 0 Å². The largest absolute Gasteiger partial charge is 0.495 e. The zero-order chi connectivity index (χ0) is 21.2. The van der Waals surface area contributed by atoms with Crippen molar-refractivity contribution in [2.75, 3.05) is 12.4 Å². The number of allylic oxidation sites excluding steroid dienone is 1. The molecular formula is C23H29F2NO2. The maximum atomic E-state index is 13.2. The summed E-state index contributed by atoms with van der Waals surface area (Å²) in [7, 11) is 1.43. The van der Waals surface area contributed by atoms with E-state index in [4.69, 9.17) is 4.74 Å². The van der Waals surface area contributed by atoms with Gasteiger partial charge in [0.15, 0.2) is 0 Å². The normalized spacial score (nSPS) is 11.0. The molecule has 28 heavy (non-hydrogen) atoms. The topological polar surface area (TPSA) is 38.3 Å². The highest BCUT2D eigenvalue weighted by Gasteiger charge is 2.25. The molecule has 1 N–H and O–H groups in total. The number of hydrogen-bond donors (Lipinski definition) is 1. The molecule has 0 bridgehead atoms. The van der Waals surface area contributed by atoms with Gasteiger partial charge in [0.1, 0.15) is 5.75 Å². The smallest absolute Gasteiger partial charge is 0.270 e.